The number of benzene rings is 1. The zero-order chi connectivity index (χ0) is 13.2. The molecule has 2 nitrogen and oxygen atoms in total. The highest BCUT2D eigenvalue weighted by molar-refractivity contribution is 7.99. The summed E-state index contributed by atoms with van der Waals surface area (Å²) in [6.07, 6.45) is -3.83. The predicted molar refractivity (Wildman–Crippen MR) is 65.6 cm³/mol. The molecule has 0 radical (unpaired) electrons. The molecule has 2 rings (SSSR count). The first-order valence-electron chi connectivity index (χ1n) is 5.62. The van der Waals surface area contributed by atoms with Gasteiger partial charge in [-0.1, -0.05) is 12.1 Å². The molecule has 0 aliphatic carbocycles. The number of thioether (sulfide) groups is 1. The van der Waals surface area contributed by atoms with Crippen molar-refractivity contribution >= 4 is 11.8 Å². The zero-order valence-corrected chi connectivity index (χ0v) is 10.4. The smallest absolute Gasteiger partial charge is 0.406 e. The van der Waals surface area contributed by atoms with E-state index in [9.17, 15) is 13.2 Å². The molecule has 2 N–H and O–H groups in total. The molecule has 2 unspecified atom stereocenters. The summed E-state index contributed by atoms with van der Waals surface area (Å²) in [5.41, 5.74) is 6.94. The first-order chi connectivity index (χ1) is 8.44. The van der Waals surface area contributed by atoms with Crippen molar-refractivity contribution in [3.63, 3.8) is 0 Å². The fourth-order valence-corrected chi connectivity index (χ4v) is 3.30. The molecule has 2 atom stereocenters. The molecule has 1 aliphatic heterocycles. The van der Waals surface area contributed by atoms with Gasteiger partial charge in [0.05, 0.1) is 0 Å². The van der Waals surface area contributed by atoms with Crippen molar-refractivity contribution in [1.82, 2.24) is 0 Å². The normalized spacial score (nSPS) is 24.2. The summed E-state index contributed by atoms with van der Waals surface area (Å²) in [5.74, 6) is 2.20. The lowest BCUT2D eigenvalue weighted by Gasteiger charge is -2.14. The van der Waals surface area contributed by atoms with Crippen LogP contribution in [0.5, 0.6) is 5.75 Å². The summed E-state index contributed by atoms with van der Waals surface area (Å²) in [6.45, 7) is 0. The van der Waals surface area contributed by atoms with Crippen LogP contribution in [0.4, 0.5) is 13.2 Å². The second-order valence-electron chi connectivity index (χ2n) is 4.36. The van der Waals surface area contributed by atoms with Crippen LogP contribution in [0.2, 0.25) is 0 Å². The summed E-state index contributed by atoms with van der Waals surface area (Å²) in [4.78, 5) is 0. The first kappa shape index (κ1) is 13.5. The Labute approximate surface area is 108 Å². The SMILES string of the molecule is NC1CSCC1Cc1ccc(OC(F)(F)F)cc1. The van der Waals surface area contributed by atoms with E-state index in [0.29, 0.717) is 5.92 Å². The van der Waals surface area contributed by atoms with Gasteiger partial charge in [-0.25, -0.2) is 0 Å². The molecule has 1 heterocycles. The van der Waals surface area contributed by atoms with E-state index in [1.165, 1.54) is 12.1 Å². The van der Waals surface area contributed by atoms with E-state index < -0.39 is 6.36 Å². The Kier molecular flexibility index (Phi) is 4.07. The lowest BCUT2D eigenvalue weighted by Crippen LogP contribution is -2.29. The monoisotopic (exact) mass is 277 g/mol. The zero-order valence-electron chi connectivity index (χ0n) is 9.61. The number of hydrogen-bond donors (Lipinski definition) is 1. The van der Waals surface area contributed by atoms with Crippen molar-refractivity contribution in [3.05, 3.63) is 29.8 Å². The van der Waals surface area contributed by atoms with Crippen LogP contribution in [0.15, 0.2) is 24.3 Å². The fraction of sp³-hybridized carbons (Fsp3) is 0.500. The minimum atomic E-state index is -4.63. The Bertz CT molecular complexity index is 393. The number of nitrogens with two attached hydrogens (primary N) is 1. The molecule has 0 aromatic heterocycles. The number of ether oxygens (including phenoxy) is 1. The fourth-order valence-electron chi connectivity index (χ4n) is 1.96. The van der Waals surface area contributed by atoms with Crippen molar-refractivity contribution in [1.29, 1.82) is 0 Å². The molecule has 1 fully saturated rings. The second kappa shape index (κ2) is 5.40. The van der Waals surface area contributed by atoms with Gasteiger partial charge in [0.15, 0.2) is 0 Å². The van der Waals surface area contributed by atoms with Crippen LogP contribution in [-0.2, 0) is 6.42 Å². The molecule has 1 aromatic rings. The molecule has 1 aliphatic rings. The van der Waals surface area contributed by atoms with Crippen LogP contribution in [0.1, 0.15) is 5.56 Å². The summed E-state index contributed by atoms with van der Waals surface area (Å²) in [7, 11) is 0. The van der Waals surface area contributed by atoms with E-state index in [4.69, 9.17) is 5.73 Å². The topological polar surface area (TPSA) is 35.2 Å². The van der Waals surface area contributed by atoms with Gasteiger partial charge < -0.3 is 10.5 Å². The van der Waals surface area contributed by atoms with Crippen LogP contribution in [0.25, 0.3) is 0 Å². The molecular weight excluding hydrogens is 263 g/mol. The molecule has 0 spiro atoms. The average Bonchev–Trinajstić information content (AvgIpc) is 2.65. The van der Waals surface area contributed by atoms with Crippen molar-refractivity contribution in [2.45, 2.75) is 18.8 Å². The summed E-state index contributed by atoms with van der Waals surface area (Å²) in [5, 5.41) is 0. The highest BCUT2D eigenvalue weighted by atomic mass is 32.2. The van der Waals surface area contributed by atoms with Crippen LogP contribution in [-0.4, -0.2) is 23.9 Å². The Hall–Kier alpha value is -0.880. The summed E-state index contributed by atoms with van der Waals surface area (Å²) in [6, 6.07) is 6.20. The van der Waals surface area contributed by atoms with E-state index in [1.54, 1.807) is 12.1 Å². The maximum absolute atomic E-state index is 12.0. The van der Waals surface area contributed by atoms with Crippen LogP contribution in [0, 0.1) is 5.92 Å². The van der Waals surface area contributed by atoms with Crippen molar-refractivity contribution in [2.24, 2.45) is 11.7 Å². The van der Waals surface area contributed by atoms with Gasteiger partial charge in [0.25, 0.3) is 0 Å². The molecule has 0 bridgehead atoms. The van der Waals surface area contributed by atoms with Gasteiger partial charge in [-0.05, 0) is 35.8 Å². The van der Waals surface area contributed by atoms with Gasteiger partial charge in [0.1, 0.15) is 5.75 Å². The Balaban J connectivity index is 1.95. The molecule has 100 valence electrons. The van der Waals surface area contributed by atoms with Gasteiger partial charge in [-0.3, -0.25) is 0 Å². The van der Waals surface area contributed by atoms with E-state index in [1.807, 2.05) is 11.8 Å². The first-order valence-corrected chi connectivity index (χ1v) is 6.77. The lowest BCUT2D eigenvalue weighted by atomic mass is 9.95. The summed E-state index contributed by atoms with van der Waals surface area (Å²) >= 11 is 1.82. The molecule has 1 saturated heterocycles. The molecule has 18 heavy (non-hydrogen) atoms. The molecule has 1 aromatic carbocycles. The Morgan fingerprint density at radius 2 is 1.89 bits per heavy atom. The van der Waals surface area contributed by atoms with Crippen LogP contribution >= 0.6 is 11.8 Å². The Morgan fingerprint density at radius 3 is 2.39 bits per heavy atom. The van der Waals surface area contributed by atoms with Crippen molar-refractivity contribution < 1.29 is 17.9 Å². The quantitative estimate of drug-likeness (QED) is 0.922. The third kappa shape index (κ3) is 3.81. The van der Waals surface area contributed by atoms with E-state index in [2.05, 4.69) is 4.74 Å². The molecule has 0 amide bonds. The lowest BCUT2D eigenvalue weighted by molar-refractivity contribution is -0.274. The minimum Gasteiger partial charge on any atom is -0.406 e. The van der Waals surface area contributed by atoms with Crippen molar-refractivity contribution in [2.75, 3.05) is 11.5 Å². The summed E-state index contributed by atoms with van der Waals surface area (Å²) < 4.78 is 39.8. The van der Waals surface area contributed by atoms with Gasteiger partial charge >= 0.3 is 6.36 Å². The van der Waals surface area contributed by atoms with Gasteiger partial charge in [-0.2, -0.15) is 11.8 Å². The third-order valence-corrected chi connectivity index (χ3v) is 4.19. The second-order valence-corrected chi connectivity index (χ2v) is 5.43. The predicted octanol–water partition coefficient (Wildman–Crippen LogP) is 2.82. The van der Waals surface area contributed by atoms with Gasteiger partial charge in [0, 0.05) is 11.8 Å². The van der Waals surface area contributed by atoms with E-state index in [-0.39, 0.29) is 11.8 Å². The van der Waals surface area contributed by atoms with Crippen LogP contribution < -0.4 is 10.5 Å². The Morgan fingerprint density at radius 1 is 1.22 bits per heavy atom. The molecule has 6 heteroatoms. The van der Waals surface area contributed by atoms with Gasteiger partial charge in [0.2, 0.25) is 0 Å². The highest BCUT2D eigenvalue weighted by Crippen LogP contribution is 2.27. The number of halogens is 3. The standard InChI is InChI=1S/C12H14F3NOS/c13-12(14,15)17-10-3-1-8(2-4-10)5-9-6-18-7-11(9)16/h1-4,9,11H,5-7,16H2. The van der Waals surface area contributed by atoms with Crippen LogP contribution in [0.3, 0.4) is 0 Å². The maximum Gasteiger partial charge on any atom is 0.573 e. The number of rotatable bonds is 3. The van der Waals surface area contributed by atoms with E-state index in [0.717, 1.165) is 23.5 Å². The number of alkyl halides is 3. The minimum absolute atomic E-state index is 0.182. The molecular formula is C12H14F3NOS. The highest BCUT2D eigenvalue weighted by Gasteiger charge is 2.31. The average molecular weight is 277 g/mol. The third-order valence-electron chi connectivity index (χ3n) is 2.90. The molecule has 0 saturated carbocycles. The largest absolute Gasteiger partial charge is 0.573 e. The number of hydrogen-bond acceptors (Lipinski definition) is 3. The maximum atomic E-state index is 12.0. The van der Waals surface area contributed by atoms with Gasteiger partial charge in [-0.15, -0.1) is 13.2 Å². The van der Waals surface area contributed by atoms with Crippen molar-refractivity contribution in [3.8, 4) is 5.75 Å². The van der Waals surface area contributed by atoms with E-state index >= 15 is 0 Å².